The highest BCUT2D eigenvalue weighted by molar-refractivity contribution is 5.94. The van der Waals surface area contributed by atoms with Gasteiger partial charge in [-0.3, -0.25) is 4.79 Å². The van der Waals surface area contributed by atoms with E-state index in [9.17, 15) is 9.18 Å². The lowest BCUT2D eigenvalue weighted by Crippen LogP contribution is -2.25. The van der Waals surface area contributed by atoms with Gasteiger partial charge in [0.25, 0.3) is 5.91 Å². The second kappa shape index (κ2) is 9.07. The molecule has 1 amide bonds. The Balaban J connectivity index is 1.55. The van der Waals surface area contributed by atoms with Gasteiger partial charge in [-0.1, -0.05) is 24.3 Å². The van der Waals surface area contributed by atoms with Crippen LogP contribution in [-0.4, -0.2) is 32.7 Å². The summed E-state index contributed by atoms with van der Waals surface area (Å²) in [5.74, 6) is 0.638. The van der Waals surface area contributed by atoms with Gasteiger partial charge >= 0.3 is 0 Å². The maximum Gasteiger partial charge on any atom is 0.251 e. The number of rotatable bonds is 8. The number of carbonyl (C=O) groups excluding carboxylic acids is 1. The van der Waals surface area contributed by atoms with Crippen molar-refractivity contribution in [2.45, 2.75) is 32.9 Å². The third-order valence-corrected chi connectivity index (χ3v) is 4.15. The minimum Gasteiger partial charge on any atom is -0.486 e. The molecule has 0 unspecified atom stereocenters. The summed E-state index contributed by atoms with van der Waals surface area (Å²) in [6.45, 7) is 4.50. The first-order valence-electron chi connectivity index (χ1n) is 9.06. The zero-order valence-corrected chi connectivity index (χ0v) is 15.8. The molecule has 0 atom stereocenters. The molecule has 3 rings (SSSR count). The van der Waals surface area contributed by atoms with Crippen molar-refractivity contribution in [3.8, 4) is 5.75 Å². The molecule has 7 nitrogen and oxygen atoms in total. The van der Waals surface area contributed by atoms with Gasteiger partial charge in [0.2, 0.25) is 0 Å². The van der Waals surface area contributed by atoms with E-state index < -0.39 is 0 Å². The molecular weight excluding hydrogens is 361 g/mol. The molecule has 0 aliphatic rings. The maximum absolute atomic E-state index is 13.6. The molecule has 0 fully saturated rings. The van der Waals surface area contributed by atoms with Crippen molar-refractivity contribution in [2.24, 2.45) is 0 Å². The number of hydrogen-bond acceptors (Lipinski definition) is 5. The summed E-state index contributed by atoms with van der Waals surface area (Å²) in [4.78, 5) is 12.4. The second-order valence-corrected chi connectivity index (χ2v) is 6.55. The van der Waals surface area contributed by atoms with Crippen LogP contribution in [0.3, 0.4) is 0 Å². The van der Waals surface area contributed by atoms with Crippen LogP contribution < -0.4 is 10.1 Å². The lowest BCUT2D eigenvalue weighted by Gasteiger charge is -2.10. The largest absolute Gasteiger partial charge is 0.486 e. The number of carbonyl (C=O) groups is 1. The Hall–Kier alpha value is -3.29. The number of nitrogens with one attached hydrogen (secondary N) is 1. The predicted molar refractivity (Wildman–Crippen MR) is 101 cm³/mol. The van der Waals surface area contributed by atoms with Gasteiger partial charge in [-0.2, -0.15) is 0 Å². The van der Waals surface area contributed by atoms with Gasteiger partial charge in [-0.25, -0.2) is 9.07 Å². The Bertz CT molecular complexity index is 942. The van der Waals surface area contributed by atoms with Crippen molar-refractivity contribution in [2.75, 3.05) is 6.54 Å². The van der Waals surface area contributed by atoms with E-state index in [2.05, 4.69) is 20.8 Å². The minimum absolute atomic E-state index is 0.125. The molecular formula is C20H22FN5O2. The number of hydrogen-bond donors (Lipinski definition) is 1. The van der Waals surface area contributed by atoms with E-state index in [0.717, 1.165) is 0 Å². The van der Waals surface area contributed by atoms with E-state index in [1.165, 1.54) is 6.07 Å². The second-order valence-electron chi connectivity index (χ2n) is 6.55. The summed E-state index contributed by atoms with van der Waals surface area (Å²) >= 11 is 0. The smallest absolute Gasteiger partial charge is 0.251 e. The van der Waals surface area contributed by atoms with Crippen LogP contribution in [-0.2, 0) is 13.0 Å². The summed E-state index contributed by atoms with van der Waals surface area (Å²) < 4.78 is 21.0. The third-order valence-electron chi connectivity index (χ3n) is 4.15. The predicted octanol–water partition coefficient (Wildman–Crippen LogP) is 2.94. The molecule has 2 aromatic carbocycles. The number of benzene rings is 2. The third kappa shape index (κ3) is 4.91. The number of amides is 1. The summed E-state index contributed by atoms with van der Waals surface area (Å²) in [6, 6.07) is 13.5. The van der Waals surface area contributed by atoms with Crippen LogP contribution in [0.1, 0.15) is 41.6 Å². The van der Waals surface area contributed by atoms with Crippen molar-refractivity contribution < 1.29 is 13.9 Å². The van der Waals surface area contributed by atoms with E-state index in [1.54, 1.807) is 47.1 Å². The Morgan fingerprint density at radius 1 is 1.21 bits per heavy atom. The molecule has 28 heavy (non-hydrogen) atoms. The van der Waals surface area contributed by atoms with Crippen molar-refractivity contribution in [1.29, 1.82) is 0 Å². The molecule has 0 saturated heterocycles. The molecule has 0 aliphatic heterocycles. The topological polar surface area (TPSA) is 81.9 Å². The Morgan fingerprint density at radius 2 is 2.04 bits per heavy atom. The molecule has 0 spiro atoms. The van der Waals surface area contributed by atoms with Gasteiger partial charge in [-0.15, -0.1) is 5.10 Å². The zero-order valence-electron chi connectivity index (χ0n) is 15.8. The van der Waals surface area contributed by atoms with Gasteiger partial charge in [0.15, 0.2) is 5.82 Å². The monoisotopic (exact) mass is 383 g/mol. The molecule has 0 saturated carbocycles. The average Bonchev–Trinajstić information content (AvgIpc) is 3.17. The van der Waals surface area contributed by atoms with Crippen LogP contribution in [0.5, 0.6) is 5.75 Å². The van der Waals surface area contributed by atoms with Crippen molar-refractivity contribution in [1.82, 2.24) is 25.5 Å². The molecule has 146 valence electrons. The SMILES string of the molecule is CC(C)n1nnnc1COc1cccc(C(=O)NCCc2ccccc2F)c1. The van der Waals surface area contributed by atoms with E-state index in [0.29, 0.717) is 35.7 Å². The molecule has 0 radical (unpaired) electrons. The number of tetrazole rings is 1. The fourth-order valence-corrected chi connectivity index (χ4v) is 2.70. The van der Waals surface area contributed by atoms with Gasteiger partial charge in [0, 0.05) is 12.1 Å². The summed E-state index contributed by atoms with van der Waals surface area (Å²) in [7, 11) is 0. The Labute approximate surface area is 162 Å². The van der Waals surface area contributed by atoms with Gasteiger partial charge in [-0.05, 0) is 60.5 Å². The first-order chi connectivity index (χ1) is 13.5. The molecule has 1 heterocycles. The van der Waals surface area contributed by atoms with E-state index >= 15 is 0 Å². The summed E-state index contributed by atoms with van der Waals surface area (Å²) in [5.41, 5.74) is 1.04. The molecule has 0 aliphatic carbocycles. The molecule has 3 aromatic rings. The highest BCUT2D eigenvalue weighted by Crippen LogP contribution is 2.15. The lowest BCUT2D eigenvalue weighted by atomic mass is 10.1. The standard InChI is InChI=1S/C20H22FN5O2/c1-14(2)26-19(23-24-25-26)13-28-17-8-5-7-16(12-17)20(27)22-11-10-15-6-3-4-9-18(15)21/h3-9,12,14H,10-11,13H2,1-2H3,(H,22,27). The Morgan fingerprint density at radius 3 is 2.82 bits per heavy atom. The summed E-state index contributed by atoms with van der Waals surface area (Å²) in [6.07, 6.45) is 0.423. The number of aromatic nitrogens is 4. The van der Waals surface area contributed by atoms with Gasteiger partial charge < -0.3 is 10.1 Å². The highest BCUT2D eigenvalue weighted by Gasteiger charge is 2.11. The first-order valence-corrected chi connectivity index (χ1v) is 9.06. The molecule has 1 N–H and O–H groups in total. The van der Waals surface area contributed by atoms with E-state index in [4.69, 9.17) is 4.74 Å². The fraction of sp³-hybridized carbons (Fsp3) is 0.300. The number of ether oxygens (including phenoxy) is 1. The molecule has 8 heteroatoms. The minimum atomic E-state index is -0.268. The quantitative estimate of drug-likeness (QED) is 0.647. The van der Waals surface area contributed by atoms with E-state index in [1.807, 2.05) is 13.8 Å². The number of nitrogens with zero attached hydrogens (tertiary/aromatic N) is 4. The van der Waals surface area contributed by atoms with Crippen molar-refractivity contribution in [3.63, 3.8) is 0 Å². The first kappa shape index (κ1) is 19.5. The van der Waals surface area contributed by atoms with Gasteiger partial charge in [0.1, 0.15) is 18.2 Å². The van der Waals surface area contributed by atoms with Gasteiger partial charge in [0.05, 0.1) is 6.04 Å². The van der Waals surface area contributed by atoms with E-state index in [-0.39, 0.29) is 24.4 Å². The lowest BCUT2D eigenvalue weighted by molar-refractivity contribution is 0.0953. The zero-order chi connectivity index (χ0) is 19.9. The average molecular weight is 383 g/mol. The van der Waals surface area contributed by atoms with Crippen LogP contribution in [0, 0.1) is 5.82 Å². The molecule has 0 bridgehead atoms. The Kier molecular flexibility index (Phi) is 6.31. The number of halogens is 1. The fourth-order valence-electron chi connectivity index (χ4n) is 2.70. The van der Waals surface area contributed by atoms with Crippen LogP contribution in [0.2, 0.25) is 0 Å². The van der Waals surface area contributed by atoms with Crippen LogP contribution >= 0.6 is 0 Å². The van der Waals surface area contributed by atoms with Crippen LogP contribution in [0.15, 0.2) is 48.5 Å². The normalized spacial score (nSPS) is 10.9. The highest BCUT2D eigenvalue weighted by atomic mass is 19.1. The van der Waals surface area contributed by atoms with Crippen LogP contribution in [0.4, 0.5) is 4.39 Å². The van der Waals surface area contributed by atoms with Crippen LogP contribution in [0.25, 0.3) is 0 Å². The van der Waals surface area contributed by atoms with Crippen molar-refractivity contribution in [3.05, 3.63) is 71.3 Å². The maximum atomic E-state index is 13.6. The molecule has 1 aromatic heterocycles. The summed E-state index contributed by atoms with van der Waals surface area (Å²) in [5, 5.41) is 14.3. The van der Waals surface area contributed by atoms with Crippen molar-refractivity contribution >= 4 is 5.91 Å².